The third kappa shape index (κ3) is 4.24. The minimum atomic E-state index is -0.548. The van der Waals surface area contributed by atoms with E-state index in [4.69, 9.17) is 4.74 Å². The summed E-state index contributed by atoms with van der Waals surface area (Å²) in [5.74, 6) is -0.548. The normalized spacial score (nSPS) is 14.8. The molecule has 0 aromatic carbocycles. The average Bonchev–Trinajstić information content (AvgIpc) is 2.52. The van der Waals surface area contributed by atoms with E-state index < -0.39 is 11.6 Å². The number of hydrogen-bond acceptors (Lipinski definition) is 5. The maximum absolute atomic E-state index is 12.2. The fourth-order valence-corrected chi connectivity index (χ4v) is 2.33. The Balaban J connectivity index is 2.12. The Labute approximate surface area is 140 Å². The Morgan fingerprint density at radius 2 is 1.96 bits per heavy atom. The third-order valence-electron chi connectivity index (χ3n) is 3.49. The second kappa shape index (κ2) is 6.90. The predicted molar refractivity (Wildman–Crippen MR) is 88.7 cm³/mol. The van der Waals surface area contributed by atoms with Crippen molar-refractivity contribution >= 4 is 17.8 Å². The van der Waals surface area contributed by atoms with Crippen LogP contribution >= 0.6 is 0 Å². The minimum absolute atomic E-state index is 0.213. The predicted octanol–water partition coefficient (Wildman–Crippen LogP) is 2.12. The van der Waals surface area contributed by atoms with Crippen molar-refractivity contribution in [2.45, 2.75) is 32.8 Å². The van der Waals surface area contributed by atoms with Gasteiger partial charge in [-0.1, -0.05) is 0 Å². The zero-order valence-corrected chi connectivity index (χ0v) is 14.4. The number of esters is 1. The molecule has 1 amide bonds. The van der Waals surface area contributed by atoms with Gasteiger partial charge in [-0.2, -0.15) is 0 Å². The van der Waals surface area contributed by atoms with Crippen molar-refractivity contribution in [3.05, 3.63) is 40.3 Å². The number of methoxy groups -OCH3 is 1. The Morgan fingerprint density at radius 3 is 2.46 bits per heavy atom. The first kappa shape index (κ1) is 17.8. The fourth-order valence-electron chi connectivity index (χ4n) is 2.33. The molecule has 1 aromatic heterocycles. The van der Waals surface area contributed by atoms with Crippen LogP contribution in [0.1, 0.15) is 37.6 Å². The molecule has 0 spiro atoms. The quantitative estimate of drug-likeness (QED) is 0.774. The molecule has 0 saturated carbocycles. The summed E-state index contributed by atoms with van der Waals surface area (Å²) in [5, 5.41) is 0. The highest BCUT2D eigenvalue weighted by Crippen LogP contribution is 2.17. The molecule has 0 atom stereocenters. The monoisotopic (exact) mass is 334 g/mol. The van der Waals surface area contributed by atoms with Crippen molar-refractivity contribution in [1.82, 2.24) is 9.47 Å². The fraction of sp³-hybridized carbons (Fsp3) is 0.471. The summed E-state index contributed by atoms with van der Waals surface area (Å²) in [4.78, 5) is 37.2. The molecule has 0 bridgehead atoms. The van der Waals surface area contributed by atoms with E-state index in [-0.39, 0.29) is 17.2 Å². The van der Waals surface area contributed by atoms with E-state index in [9.17, 15) is 14.4 Å². The molecular formula is C17H22N2O5. The molecule has 130 valence electrons. The molecule has 0 N–H and O–H groups in total. The molecule has 0 fully saturated rings. The molecule has 7 nitrogen and oxygen atoms in total. The van der Waals surface area contributed by atoms with Crippen LogP contribution in [0, 0.1) is 0 Å². The summed E-state index contributed by atoms with van der Waals surface area (Å²) in [6.45, 7) is 6.29. The number of pyridine rings is 1. The molecule has 24 heavy (non-hydrogen) atoms. The Bertz CT molecular complexity index is 727. The summed E-state index contributed by atoms with van der Waals surface area (Å²) < 4.78 is 11.4. The molecule has 2 rings (SSSR count). The second-order valence-electron chi connectivity index (χ2n) is 6.49. The van der Waals surface area contributed by atoms with Crippen molar-refractivity contribution in [2.24, 2.45) is 0 Å². The van der Waals surface area contributed by atoms with Crippen LogP contribution in [0.25, 0.3) is 5.70 Å². The van der Waals surface area contributed by atoms with E-state index in [2.05, 4.69) is 4.74 Å². The van der Waals surface area contributed by atoms with Gasteiger partial charge in [0.05, 0.1) is 12.7 Å². The van der Waals surface area contributed by atoms with Gasteiger partial charge in [0.15, 0.2) is 0 Å². The molecule has 0 unspecified atom stereocenters. The lowest BCUT2D eigenvalue weighted by Gasteiger charge is -2.29. The minimum Gasteiger partial charge on any atom is -0.465 e. The van der Waals surface area contributed by atoms with Gasteiger partial charge in [-0.25, -0.2) is 9.59 Å². The summed E-state index contributed by atoms with van der Waals surface area (Å²) in [7, 11) is 1.27. The van der Waals surface area contributed by atoms with E-state index in [1.807, 2.05) is 26.8 Å². The number of nitrogens with zero attached hydrogens (tertiary/aromatic N) is 2. The van der Waals surface area contributed by atoms with Crippen LogP contribution in [0.4, 0.5) is 4.79 Å². The number of ether oxygens (including phenoxy) is 2. The largest absolute Gasteiger partial charge is 0.465 e. The van der Waals surface area contributed by atoms with Crippen molar-refractivity contribution in [1.29, 1.82) is 0 Å². The first-order chi connectivity index (χ1) is 11.2. The van der Waals surface area contributed by atoms with Gasteiger partial charge >= 0.3 is 12.1 Å². The first-order valence-corrected chi connectivity index (χ1v) is 7.69. The molecule has 1 aliphatic heterocycles. The lowest BCUT2D eigenvalue weighted by molar-refractivity contribution is 0.0269. The summed E-state index contributed by atoms with van der Waals surface area (Å²) in [6.07, 6.45) is 3.51. The number of carbonyl (C=O) groups is 2. The van der Waals surface area contributed by atoms with E-state index in [1.165, 1.54) is 23.8 Å². The highest BCUT2D eigenvalue weighted by Gasteiger charge is 2.24. The van der Waals surface area contributed by atoms with Gasteiger partial charge in [0, 0.05) is 37.5 Å². The highest BCUT2D eigenvalue weighted by molar-refractivity contribution is 5.89. The average molecular weight is 334 g/mol. The van der Waals surface area contributed by atoms with Crippen LogP contribution in [-0.2, 0) is 9.47 Å². The number of aromatic nitrogens is 1. The molecule has 0 saturated heterocycles. The molecule has 0 aliphatic carbocycles. The van der Waals surface area contributed by atoms with E-state index in [0.29, 0.717) is 19.5 Å². The number of rotatable bonds is 2. The van der Waals surface area contributed by atoms with Crippen molar-refractivity contribution in [3.8, 4) is 0 Å². The molecule has 2 heterocycles. The number of carbonyl (C=O) groups excluding carboxylic acids is 2. The van der Waals surface area contributed by atoms with Gasteiger partial charge in [-0.3, -0.25) is 9.36 Å². The third-order valence-corrected chi connectivity index (χ3v) is 3.49. The lowest BCUT2D eigenvalue weighted by Crippen LogP contribution is -2.40. The van der Waals surface area contributed by atoms with Gasteiger partial charge in [0.25, 0.3) is 5.56 Å². The standard InChI is InChI=1S/C17H22N2O5/c1-17(2,3)24-16(22)18-8-6-13(7-9-18)19-10-5-12(11-14(19)20)15(21)23-4/h5-6,10-11H,7-9H2,1-4H3. The van der Waals surface area contributed by atoms with E-state index >= 15 is 0 Å². The Morgan fingerprint density at radius 1 is 1.25 bits per heavy atom. The van der Waals surface area contributed by atoms with Crippen LogP contribution in [0.15, 0.2) is 29.2 Å². The molecule has 1 aromatic rings. The molecule has 7 heteroatoms. The van der Waals surface area contributed by atoms with Gasteiger partial charge in [0.1, 0.15) is 5.60 Å². The molecule has 1 aliphatic rings. The lowest BCUT2D eigenvalue weighted by atomic mass is 10.2. The summed E-state index contributed by atoms with van der Waals surface area (Å²) >= 11 is 0. The van der Waals surface area contributed by atoms with Gasteiger partial charge < -0.3 is 14.4 Å². The van der Waals surface area contributed by atoms with Crippen LogP contribution in [-0.4, -0.2) is 47.3 Å². The van der Waals surface area contributed by atoms with Crippen molar-refractivity contribution in [2.75, 3.05) is 20.2 Å². The highest BCUT2D eigenvalue weighted by atomic mass is 16.6. The van der Waals surface area contributed by atoms with E-state index in [0.717, 1.165) is 5.70 Å². The van der Waals surface area contributed by atoms with Crippen LogP contribution < -0.4 is 5.56 Å². The Kier molecular flexibility index (Phi) is 5.11. The SMILES string of the molecule is COC(=O)c1ccn(C2=CCN(C(=O)OC(C)(C)C)CC2)c(=O)c1. The van der Waals surface area contributed by atoms with Gasteiger partial charge in [0.2, 0.25) is 0 Å². The van der Waals surface area contributed by atoms with Crippen LogP contribution in [0.2, 0.25) is 0 Å². The second-order valence-corrected chi connectivity index (χ2v) is 6.49. The van der Waals surface area contributed by atoms with Crippen molar-refractivity contribution < 1.29 is 19.1 Å². The zero-order chi connectivity index (χ0) is 17.9. The molecule has 0 radical (unpaired) electrons. The topological polar surface area (TPSA) is 77.8 Å². The maximum atomic E-state index is 12.2. The number of hydrogen-bond donors (Lipinski definition) is 0. The maximum Gasteiger partial charge on any atom is 0.410 e. The summed E-state index contributed by atoms with van der Waals surface area (Å²) in [5.41, 5.74) is 0.151. The first-order valence-electron chi connectivity index (χ1n) is 7.69. The van der Waals surface area contributed by atoms with Crippen molar-refractivity contribution in [3.63, 3.8) is 0 Å². The number of amides is 1. The van der Waals surface area contributed by atoms with Gasteiger partial charge in [-0.15, -0.1) is 0 Å². The van der Waals surface area contributed by atoms with Crippen LogP contribution in [0.3, 0.4) is 0 Å². The Hall–Kier alpha value is -2.57. The van der Waals surface area contributed by atoms with E-state index in [1.54, 1.807) is 11.1 Å². The van der Waals surface area contributed by atoms with Crippen LogP contribution in [0.5, 0.6) is 0 Å². The van der Waals surface area contributed by atoms with Gasteiger partial charge in [-0.05, 0) is 32.9 Å². The smallest absolute Gasteiger partial charge is 0.410 e. The molecular weight excluding hydrogens is 312 g/mol. The zero-order valence-electron chi connectivity index (χ0n) is 14.4. The summed E-state index contributed by atoms with van der Waals surface area (Å²) in [6, 6.07) is 2.78.